The molecule has 1 aromatic heterocycles. The van der Waals surface area contributed by atoms with Crippen molar-refractivity contribution < 1.29 is 19.1 Å². The zero-order valence-corrected chi connectivity index (χ0v) is 18.0. The quantitative estimate of drug-likeness (QED) is 0.500. The van der Waals surface area contributed by atoms with E-state index in [1.54, 1.807) is 32.0 Å². The first-order valence-electron chi connectivity index (χ1n) is 9.24. The zero-order chi connectivity index (χ0) is 21.0. The van der Waals surface area contributed by atoms with Crippen LogP contribution in [0.15, 0.2) is 47.1 Å². The molecule has 0 amide bonds. The Morgan fingerprint density at radius 2 is 1.76 bits per heavy atom. The Morgan fingerprint density at radius 1 is 1.03 bits per heavy atom. The molecular formula is C22H21BrN2O4. The molecule has 6 nitrogen and oxygen atoms in total. The molecule has 0 saturated carbocycles. The van der Waals surface area contributed by atoms with Crippen molar-refractivity contribution in [1.29, 1.82) is 0 Å². The van der Waals surface area contributed by atoms with Gasteiger partial charge < -0.3 is 14.8 Å². The van der Waals surface area contributed by atoms with Crippen molar-refractivity contribution in [2.24, 2.45) is 0 Å². The van der Waals surface area contributed by atoms with E-state index in [0.29, 0.717) is 22.2 Å². The number of aromatic nitrogens is 1. The standard InChI is InChI=1S/C22H21BrN2O4/c1-4-28-21(26)14-7-9-19-16(10-14)20(17(12-24-19)22(27)29-5-2)25-15-8-6-13(3)18(23)11-15/h6-12H,4-5H2,1-3H3,(H,24,25). The average Bonchev–Trinajstić information content (AvgIpc) is 2.71. The highest BCUT2D eigenvalue weighted by atomic mass is 79.9. The molecule has 1 heterocycles. The van der Waals surface area contributed by atoms with Crippen LogP contribution in [0.2, 0.25) is 0 Å². The number of fused-ring (bicyclic) bond motifs is 1. The molecule has 150 valence electrons. The second-order valence-corrected chi connectivity index (χ2v) is 7.16. The first-order chi connectivity index (χ1) is 13.9. The van der Waals surface area contributed by atoms with Crippen LogP contribution >= 0.6 is 15.9 Å². The second-order valence-electron chi connectivity index (χ2n) is 6.31. The lowest BCUT2D eigenvalue weighted by atomic mass is 10.1. The number of hydrogen-bond acceptors (Lipinski definition) is 6. The van der Waals surface area contributed by atoms with Crippen molar-refractivity contribution in [3.63, 3.8) is 0 Å². The van der Waals surface area contributed by atoms with Gasteiger partial charge in [-0.15, -0.1) is 0 Å². The van der Waals surface area contributed by atoms with Gasteiger partial charge in [0.25, 0.3) is 0 Å². The zero-order valence-electron chi connectivity index (χ0n) is 16.4. The van der Waals surface area contributed by atoms with E-state index in [9.17, 15) is 9.59 Å². The maximum Gasteiger partial charge on any atom is 0.341 e. The molecule has 3 aromatic rings. The number of nitrogens with zero attached hydrogens (tertiary/aromatic N) is 1. The number of anilines is 2. The highest BCUT2D eigenvalue weighted by Gasteiger charge is 2.19. The fraction of sp³-hybridized carbons (Fsp3) is 0.227. The predicted molar refractivity (Wildman–Crippen MR) is 116 cm³/mol. The van der Waals surface area contributed by atoms with Gasteiger partial charge in [0.1, 0.15) is 5.56 Å². The summed E-state index contributed by atoms with van der Waals surface area (Å²) in [6.45, 7) is 6.01. The maximum atomic E-state index is 12.5. The number of ether oxygens (including phenoxy) is 2. The molecule has 0 fully saturated rings. The van der Waals surface area contributed by atoms with Gasteiger partial charge in [-0.2, -0.15) is 0 Å². The summed E-state index contributed by atoms with van der Waals surface area (Å²) in [6.07, 6.45) is 1.48. The number of halogens is 1. The summed E-state index contributed by atoms with van der Waals surface area (Å²) >= 11 is 3.52. The van der Waals surface area contributed by atoms with Gasteiger partial charge in [-0.25, -0.2) is 9.59 Å². The Kier molecular flexibility index (Phi) is 6.49. The van der Waals surface area contributed by atoms with E-state index >= 15 is 0 Å². The topological polar surface area (TPSA) is 77.5 Å². The van der Waals surface area contributed by atoms with Crippen molar-refractivity contribution in [1.82, 2.24) is 4.98 Å². The Bertz CT molecular complexity index is 1080. The Morgan fingerprint density at radius 3 is 2.45 bits per heavy atom. The van der Waals surface area contributed by atoms with Gasteiger partial charge in [0.05, 0.1) is 30.0 Å². The molecule has 0 aliphatic carbocycles. The summed E-state index contributed by atoms with van der Waals surface area (Å²) in [5.41, 5.74) is 3.70. The molecule has 29 heavy (non-hydrogen) atoms. The largest absolute Gasteiger partial charge is 0.462 e. The number of esters is 2. The van der Waals surface area contributed by atoms with Crippen LogP contribution in [0.4, 0.5) is 11.4 Å². The van der Waals surface area contributed by atoms with E-state index < -0.39 is 11.9 Å². The van der Waals surface area contributed by atoms with Gasteiger partial charge in [-0.3, -0.25) is 4.98 Å². The van der Waals surface area contributed by atoms with Gasteiger partial charge in [-0.05, 0) is 56.7 Å². The molecule has 7 heteroatoms. The number of rotatable bonds is 6. The molecule has 0 aliphatic rings. The van der Waals surface area contributed by atoms with Gasteiger partial charge >= 0.3 is 11.9 Å². The third-order valence-corrected chi connectivity index (χ3v) is 5.17. The van der Waals surface area contributed by atoms with E-state index in [1.165, 1.54) is 6.20 Å². The number of carbonyl (C=O) groups excluding carboxylic acids is 2. The number of nitrogens with one attached hydrogen (secondary N) is 1. The van der Waals surface area contributed by atoms with Crippen LogP contribution in [0.25, 0.3) is 10.9 Å². The van der Waals surface area contributed by atoms with Crippen LogP contribution in [0.1, 0.15) is 40.1 Å². The predicted octanol–water partition coefficient (Wildman–Crippen LogP) is 5.40. The molecule has 0 bridgehead atoms. The molecule has 2 aromatic carbocycles. The van der Waals surface area contributed by atoms with Crippen molar-refractivity contribution in [3.05, 3.63) is 63.8 Å². The molecule has 1 N–H and O–H groups in total. The molecule has 0 saturated heterocycles. The Balaban J connectivity index is 2.18. The van der Waals surface area contributed by atoms with Crippen molar-refractivity contribution in [3.8, 4) is 0 Å². The van der Waals surface area contributed by atoms with E-state index in [4.69, 9.17) is 9.47 Å². The van der Waals surface area contributed by atoms with Crippen LogP contribution in [0.3, 0.4) is 0 Å². The lowest BCUT2D eigenvalue weighted by Crippen LogP contribution is -2.10. The van der Waals surface area contributed by atoms with Crippen LogP contribution < -0.4 is 5.32 Å². The van der Waals surface area contributed by atoms with Crippen LogP contribution in [0, 0.1) is 6.92 Å². The monoisotopic (exact) mass is 456 g/mol. The minimum atomic E-state index is -0.489. The van der Waals surface area contributed by atoms with Gasteiger partial charge in [0.15, 0.2) is 0 Å². The number of carbonyl (C=O) groups is 2. The smallest absolute Gasteiger partial charge is 0.341 e. The van der Waals surface area contributed by atoms with Gasteiger partial charge in [0.2, 0.25) is 0 Å². The summed E-state index contributed by atoms with van der Waals surface area (Å²) in [6, 6.07) is 10.9. The Labute approximate surface area is 177 Å². The van der Waals surface area contributed by atoms with Crippen molar-refractivity contribution >= 4 is 50.1 Å². The van der Waals surface area contributed by atoms with E-state index in [0.717, 1.165) is 15.7 Å². The summed E-state index contributed by atoms with van der Waals surface area (Å²) in [4.78, 5) is 29.1. The molecule has 0 spiro atoms. The fourth-order valence-electron chi connectivity index (χ4n) is 2.85. The molecular weight excluding hydrogens is 436 g/mol. The molecule has 0 aliphatic heterocycles. The highest BCUT2D eigenvalue weighted by Crippen LogP contribution is 2.32. The maximum absolute atomic E-state index is 12.5. The third-order valence-electron chi connectivity index (χ3n) is 4.32. The molecule has 3 rings (SSSR count). The van der Waals surface area contributed by atoms with E-state index in [1.807, 2.05) is 25.1 Å². The summed E-state index contributed by atoms with van der Waals surface area (Å²) in [5.74, 6) is -0.919. The van der Waals surface area contributed by atoms with Crippen molar-refractivity contribution in [2.45, 2.75) is 20.8 Å². The number of benzene rings is 2. The minimum Gasteiger partial charge on any atom is -0.462 e. The number of pyridine rings is 1. The average molecular weight is 457 g/mol. The van der Waals surface area contributed by atoms with Crippen molar-refractivity contribution in [2.75, 3.05) is 18.5 Å². The number of hydrogen-bond donors (Lipinski definition) is 1. The molecule has 0 unspecified atom stereocenters. The van der Waals surface area contributed by atoms with Crippen LogP contribution in [0.5, 0.6) is 0 Å². The normalized spacial score (nSPS) is 10.6. The van der Waals surface area contributed by atoms with Crippen LogP contribution in [-0.4, -0.2) is 30.1 Å². The Hall–Kier alpha value is -2.93. The second kappa shape index (κ2) is 9.05. The summed E-state index contributed by atoms with van der Waals surface area (Å²) in [7, 11) is 0. The van der Waals surface area contributed by atoms with Gasteiger partial charge in [0, 0.05) is 21.7 Å². The van der Waals surface area contributed by atoms with Crippen LogP contribution in [-0.2, 0) is 9.47 Å². The third kappa shape index (κ3) is 4.56. The SMILES string of the molecule is CCOC(=O)c1ccc2ncc(C(=O)OCC)c(Nc3ccc(C)c(Br)c3)c2c1. The van der Waals surface area contributed by atoms with Gasteiger partial charge in [-0.1, -0.05) is 22.0 Å². The fourth-order valence-corrected chi connectivity index (χ4v) is 3.23. The molecule has 0 radical (unpaired) electrons. The van der Waals surface area contributed by atoms with E-state index in [-0.39, 0.29) is 18.8 Å². The summed E-state index contributed by atoms with van der Waals surface area (Å²) < 4.78 is 11.2. The number of aryl methyl sites for hydroxylation is 1. The minimum absolute atomic E-state index is 0.245. The lowest BCUT2D eigenvalue weighted by molar-refractivity contribution is 0.0518. The lowest BCUT2D eigenvalue weighted by Gasteiger charge is -2.15. The first kappa shape index (κ1) is 20.8. The summed E-state index contributed by atoms with van der Waals surface area (Å²) in [5, 5.41) is 3.92. The highest BCUT2D eigenvalue weighted by molar-refractivity contribution is 9.10. The first-order valence-corrected chi connectivity index (χ1v) is 10.0. The van der Waals surface area contributed by atoms with E-state index in [2.05, 4.69) is 26.2 Å². The molecule has 0 atom stereocenters.